The van der Waals surface area contributed by atoms with Crippen LogP contribution in [0.1, 0.15) is 51.4 Å². The van der Waals surface area contributed by atoms with Gasteiger partial charge >= 0.3 is 5.97 Å². The number of carbonyl (C=O) groups excluding carboxylic acids is 2. The van der Waals surface area contributed by atoms with E-state index in [1.807, 2.05) is 19.2 Å². The van der Waals surface area contributed by atoms with Crippen LogP contribution in [0, 0.1) is 0 Å². The van der Waals surface area contributed by atoms with Crippen LogP contribution >= 0.6 is 11.3 Å². The van der Waals surface area contributed by atoms with E-state index < -0.39 is 5.97 Å². The second-order valence-electron chi connectivity index (χ2n) is 8.27. The number of ether oxygens (including phenoxy) is 3. The number of esters is 1. The molecule has 4 rings (SSSR count). The smallest absolute Gasteiger partial charge is 0.353 e. The maximum absolute atomic E-state index is 12.9. The van der Waals surface area contributed by atoms with Gasteiger partial charge in [0.05, 0.1) is 7.11 Å². The first-order valence-electron chi connectivity index (χ1n) is 10.5. The number of methoxy groups -OCH3 is 1. The van der Waals surface area contributed by atoms with E-state index in [-0.39, 0.29) is 28.4 Å². The molecule has 0 spiro atoms. The number of rotatable bonds is 6. The van der Waals surface area contributed by atoms with Crippen molar-refractivity contribution < 1.29 is 28.9 Å². The summed E-state index contributed by atoms with van der Waals surface area (Å²) in [6, 6.07) is 11.9. The number of hydrogen-bond acceptors (Lipinski definition) is 7. The van der Waals surface area contributed by atoms with Crippen LogP contribution in [-0.2, 0) is 6.42 Å². The minimum atomic E-state index is -0.411. The van der Waals surface area contributed by atoms with Crippen LogP contribution in [0.4, 0.5) is 0 Å². The molecule has 7 heteroatoms. The fourth-order valence-corrected chi connectivity index (χ4v) is 4.22. The minimum absolute atomic E-state index is 0.106. The van der Waals surface area contributed by atoms with Gasteiger partial charge < -0.3 is 19.3 Å². The molecule has 0 saturated heterocycles. The monoisotopic (exact) mass is 464 g/mol. The molecule has 6 nitrogen and oxygen atoms in total. The van der Waals surface area contributed by atoms with Crippen LogP contribution in [0.25, 0.3) is 6.08 Å². The molecule has 1 N–H and O–H groups in total. The Morgan fingerprint density at radius 1 is 1.18 bits per heavy atom. The van der Waals surface area contributed by atoms with Gasteiger partial charge in [-0.25, -0.2) is 4.79 Å². The first-order valence-corrected chi connectivity index (χ1v) is 11.4. The molecule has 170 valence electrons. The average molecular weight is 465 g/mol. The van der Waals surface area contributed by atoms with Crippen molar-refractivity contribution >= 4 is 29.2 Å². The lowest BCUT2D eigenvalue weighted by Gasteiger charge is -2.33. The lowest BCUT2D eigenvalue weighted by molar-refractivity contribution is 0.0739. The molecule has 0 bridgehead atoms. The molecule has 0 atom stereocenters. The van der Waals surface area contributed by atoms with Gasteiger partial charge in [0.1, 0.15) is 39.0 Å². The fourth-order valence-electron chi connectivity index (χ4n) is 3.62. The average Bonchev–Trinajstić information content (AvgIpc) is 3.32. The maximum atomic E-state index is 12.9. The Hall–Kier alpha value is -3.58. The third-order valence-electron chi connectivity index (χ3n) is 5.40. The molecule has 0 fully saturated rings. The van der Waals surface area contributed by atoms with Gasteiger partial charge in [-0.2, -0.15) is 0 Å². The molecule has 1 aromatic heterocycles. The van der Waals surface area contributed by atoms with E-state index in [0.29, 0.717) is 28.4 Å². The summed E-state index contributed by atoms with van der Waals surface area (Å²) in [5.41, 5.74) is 1.11. The number of phenols is 1. The number of allylic oxidation sites excluding steroid dienone is 1. The molecular weight excluding hydrogens is 440 g/mol. The van der Waals surface area contributed by atoms with Crippen molar-refractivity contribution in [3.8, 4) is 23.0 Å². The number of carbonyl (C=O) groups is 2. The summed E-state index contributed by atoms with van der Waals surface area (Å²) in [6.45, 7) is 3.96. The predicted octanol–water partition coefficient (Wildman–Crippen LogP) is 5.68. The molecule has 3 aromatic rings. The van der Waals surface area contributed by atoms with Crippen molar-refractivity contribution in [2.45, 2.75) is 32.3 Å². The Balaban J connectivity index is 1.51. The van der Waals surface area contributed by atoms with Gasteiger partial charge in [-0.1, -0.05) is 24.3 Å². The molecule has 2 heterocycles. The van der Waals surface area contributed by atoms with E-state index in [0.717, 1.165) is 12.0 Å². The third-order valence-corrected chi connectivity index (χ3v) is 6.25. The van der Waals surface area contributed by atoms with Gasteiger partial charge in [-0.15, -0.1) is 11.3 Å². The number of benzene rings is 2. The Morgan fingerprint density at radius 2 is 1.94 bits per heavy atom. The number of aromatic hydroxyl groups is 1. The third kappa shape index (κ3) is 4.93. The zero-order valence-electron chi connectivity index (χ0n) is 18.6. The standard InChI is InChI=1S/C26H24O6S/c1-26(2)13-12-18-20(32-26)15-21(30-3)23(24(18)28)19(27)11-8-16-6-9-17(10-7-16)31-25(29)22-5-4-14-33-22/h4-11,14-15,28H,12-13H2,1-3H3/b11-8+. The van der Waals surface area contributed by atoms with Crippen molar-refractivity contribution in [3.63, 3.8) is 0 Å². The molecular formula is C26H24O6S. The van der Waals surface area contributed by atoms with Gasteiger partial charge in [0, 0.05) is 11.6 Å². The second kappa shape index (κ2) is 9.11. The minimum Gasteiger partial charge on any atom is -0.507 e. The lowest BCUT2D eigenvalue weighted by atomic mass is 9.91. The van der Waals surface area contributed by atoms with E-state index in [4.69, 9.17) is 14.2 Å². The van der Waals surface area contributed by atoms with Crippen molar-refractivity contribution in [1.82, 2.24) is 0 Å². The lowest BCUT2D eigenvalue weighted by Crippen LogP contribution is -2.32. The zero-order valence-corrected chi connectivity index (χ0v) is 19.4. The van der Waals surface area contributed by atoms with Crippen molar-refractivity contribution in [2.75, 3.05) is 7.11 Å². The molecule has 0 saturated carbocycles. The topological polar surface area (TPSA) is 82.1 Å². The molecule has 2 aromatic carbocycles. The van der Waals surface area contributed by atoms with E-state index in [2.05, 4.69) is 0 Å². The summed E-state index contributed by atoms with van der Waals surface area (Å²) in [4.78, 5) is 25.5. The summed E-state index contributed by atoms with van der Waals surface area (Å²) >= 11 is 1.31. The van der Waals surface area contributed by atoms with E-state index in [1.165, 1.54) is 24.5 Å². The molecule has 0 amide bonds. The fraction of sp³-hybridized carbons (Fsp3) is 0.231. The van der Waals surface area contributed by atoms with E-state index in [9.17, 15) is 14.7 Å². The number of fused-ring (bicyclic) bond motifs is 1. The Bertz CT molecular complexity index is 1210. The van der Waals surface area contributed by atoms with E-state index >= 15 is 0 Å². The Kier molecular flexibility index (Phi) is 6.24. The summed E-state index contributed by atoms with van der Waals surface area (Å²) in [5.74, 6) is 0.304. The second-order valence-corrected chi connectivity index (χ2v) is 9.22. The Morgan fingerprint density at radius 3 is 2.61 bits per heavy atom. The van der Waals surface area contributed by atoms with Crippen LogP contribution in [0.15, 0.2) is 53.9 Å². The van der Waals surface area contributed by atoms with Crippen molar-refractivity contribution in [3.05, 3.63) is 75.5 Å². The molecule has 33 heavy (non-hydrogen) atoms. The van der Waals surface area contributed by atoms with Crippen LogP contribution < -0.4 is 14.2 Å². The SMILES string of the molecule is COc1cc2c(c(O)c1C(=O)/C=C/c1ccc(OC(=O)c3cccs3)cc1)CCC(C)(C)O2. The summed E-state index contributed by atoms with van der Waals surface area (Å²) in [5, 5.41) is 12.6. The van der Waals surface area contributed by atoms with Crippen LogP contribution in [0.5, 0.6) is 23.0 Å². The van der Waals surface area contributed by atoms with Gasteiger partial charge in [0.2, 0.25) is 0 Å². The summed E-state index contributed by atoms with van der Waals surface area (Å²) in [7, 11) is 1.45. The van der Waals surface area contributed by atoms with Crippen LogP contribution in [0.2, 0.25) is 0 Å². The Labute approximate surface area is 196 Å². The first-order chi connectivity index (χ1) is 15.8. The molecule has 1 aliphatic rings. The zero-order chi connectivity index (χ0) is 23.6. The largest absolute Gasteiger partial charge is 0.507 e. The summed E-state index contributed by atoms with van der Waals surface area (Å²) < 4.78 is 16.7. The van der Waals surface area contributed by atoms with Crippen LogP contribution in [0.3, 0.4) is 0 Å². The van der Waals surface area contributed by atoms with Crippen molar-refractivity contribution in [1.29, 1.82) is 0 Å². The van der Waals surface area contributed by atoms with Crippen LogP contribution in [-0.4, -0.2) is 29.6 Å². The van der Waals surface area contributed by atoms with E-state index in [1.54, 1.807) is 48.5 Å². The number of phenolic OH excluding ortho intramolecular Hbond substituents is 1. The molecule has 0 unspecified atom stereocenters. The highest BCUT2D eigenvalue weighted by molar-refractivity contribution is 7.12. The van der Waals surface area contributed by atoms with Gasteiger partial charge in [-0.05, 0) is 61.9 Å². The molecule has 0 radical (unpaired) electrons. The van der Waals surface area contributed by atoms with Crippen molar-refractivity contribution in [2.24, 2.45) is 0 Å². The molecule has 1 aliphatic heterocycles. The van der Waals surface area contributed by atoms with Gasteiger partial charge in [-0.3, -0.25) is 4.79 Å². The predicted molar refractivity (Wildman–Crippen MR) is 127 cm³/mol. The first kappa shape index (κ1) is 22.6. The quantitative estimate of drug-likeness (QED) is 0.219. The highest BCUT2D eigenvalue weighted by Gasteiger charge is 2.32. The maximum Gasteiger partial charge on any atom is 0.353 e. The highest BCUT2D eigenvalue weighted by atomic mass is 32.1. The summed E-state index contributed by atoms with van der Waals surface area (Å²) in [6.07, 6.45) is 4.34. The van der Waals surface area contributed by atoms with Gasteiger partial charge in [0.25, 0.3) is 0 Å². The number of ketones is 1. The van der Waals surface area contributed by atoms with Gasteiger partial charge in [0.15, 0.2) is 5.78 Å². The number of thiophene rings is 1. The normalized spacial score (nSPS) is 14.4. The number of hydrogen-bond donors (Lipinski definition) is 1. The highest BCUT2D eigenvalue weighted by Crippen LogP contribution is 2.44. The molecule has 0 aliphatic carbocycles.